The summed E-state index contributed by atoms with van der Waals surface area (Å²) in [6.45, 7) is 1.54. The number of nitrogens with zero attached hydrogens (tertiary/aromatic N) is 3. The summed E-state index contributed by atoms with van der Waals surface area (Å²) in [6.07, 6.45) is 0. The van der Waals surface area contributed by atoms with Gasteiger partial charge in [0.05, 0.1) is 21.7 Å². The molecule has 2 aromatic carbocycles. The highest BCUT2D eigenvalue weighted by molar-refractivity contribution is 6.34. The van der Waals surface area contributed by atoms with E-state index >= 15 is 0 Å². The average Bonchev–Trinajstić information content (AvgIpc) is 2.66. The first kappa shape index (κ1) is 19.6. The number of rotatable bonds is 4. The number of benzene rings is 2. The fourth-order valence-corrected chi connectivity index (χ4v) is 3.05. The SMILES string of the molecule is Cc1nn(CC(=O)Nc2ccc(Cl)c(C(=O)N(C)C)c2)c(=O)c2ccccc12. The summed E-state index contributed by atoms with van der Waals surface area (Å²) in [5.41, 5.74) is 1.01. The Morgan fingerprint density at radius 1 is 1.14 bits per heavy atom. The molecule has 2 amide bonds. The number of anilines is 1. The molecule has 0 fully saturated rings. The number of aromatic nitrogens is 2. The minimum Gasteiger partial charge on any atom is -0.345 e. The van der Waals surface area contributed by atoms with E-state index < -0.39 is 5.91 Å². The van der Waals surface area contributed by atoms with Crippen LogP contribution in [-0.2, 0) is 11.3 Å². The number of hydrogen-bond acceptors (Lipinski definition) is 4. The first-order valence-electron chi connectivity index (χ1n) is 8.55. The molecule has 1 aromatic heterocycles. The number of hydrogen-bond donors (Lipinski definition) is 1. The molecule has 1 N–H and O–H groups in total. The number of amides is 2. The predicted molar refractivity (Wildman–Crippen MR) is 109 cm³/mol. The van der Waals surface area contributed by atoms with Crippen molar-refractivity contribution >= 4 is 39.9 Å². The van der Waals surface area contributed by atoms with Crippen LogP contribution in [-0.4, -0.2) is 40.6 Å². The van der Waals surface area contributed by atoms with Gasteiger partial charge in [0.15, 0.2) is 0 Å². The van der Waals surface area contributed by atoms with E-state index in [1.54, 1.807) is 45.3 Å². The second-order valence-electron chi connectivity index (χ2n) is 6.54. The van der Waals surface area contributed by atoms with Crippen LogP contribution in [0.25, 0.3) is 10.8 Å². The average molecular weight is 399 g/mol. The maximum atomic E-state index is 12.6. The van der Waals surface area contributed by atoms with Crippen molar-refractivity contribution < 1.29 is 9.59 Å². The quantitative estimate of drug-likeness (QED) is 0.732. The minimum absolute atomic E-state index is 0.246. The molecule has 8 heteroatoms. The molecule has 28 heavy (non-hydrogen) atoms. The molecule has 0 radical (unpaired) electrons. The fourth-order valence-electron chi connectivity index (χ4n) is 2.86. The number of aryl methyl sites for hydroxylation is 1. The van der Waals surface area contributed by atoms with Gasteiger partial charge in [-0.05, 0) is 31.2 Å². The lowest BCUT2D eigenvalue weighted by molar-refractivity contribution is -0.117. The van der Waals surface area contributed by atoms with Gasteiger partial charge in [-0.25, -0.2) is 4.68 Å². The molecule has 144 valence electrons. The third kappa shape index (κ3) is 3.89. The van der Waals surface area contributed by atoms with E-state index in [0.717, 1.165) is 10.1 Å². The topological polar surface area (TPSA) is 84.3 Å². The minimum atomic E-state index is -0.435. The Labute approximate surface area is 166 Å². The van der Waals surface area contributed by atoms with E-state index in [1.165, 1.54) is 11.0 Å². The van der Waals surface area contributed by atoms with Crippen molar-refractivity contribution in [1.29, 1.82) is 0 Å². The van der Waals surface area contributed by atoms with E-state index in [9.17, 15) is 14.4 Å². The Morgan fingerprint density at radius 3 is 2.50 bits per heavy atom. The van der Waals surface area contributed by atoms with E-state index in [2.05, 4.69) is 10.4 Å². The van der Waals surface area contributed by atoms with Gasteiger partial charge < -0.3 is 10.2 Å². The molecule has 7 nitrogen and oxygen atoms in total. The van der Waals surface area contributed by atoms with Crippen molar-refractivity contribution in [3.8, 4) is 0 Å². The highest BCUT2D eigenvalue weighted by atomic mass is 35.5. The van der Waals surface area contributed by atoms with Gasteiger partial charge in [0.1, 0.15) is 6.54 Å². The van der Waals surface area contributed by atoms with Gasteiger partial charge in [0, 0.05) is 25.2 Å². The van der Waals surface area contributed by atoms with Crippen molar-refractivity contribution in [2.45, 2.75) is 13.5 Å². The zero-order chi connectivity index (χ0) is 20.4. The van der Waals surface area contributed by atoms with Crippen LogP contribution in [0.15, 0.2) is 47.3 Å². The van der Waals surface area contributed by atoms with Crippen molar-refractivity contribution in [2.75, 3.05) is 19.4 Å². The molecule has 0 spiro atoms. The van der Waals surface area contributed by atoms with Crippen LogP contribution < -0.4 is 10.9 Å². The largest absolute Gasteiger partial charge is 0.345 e. The number of carbonyl (C=O) groups excluding carboxylic acids is 2. The highest BCUT2D eigenvalue weighted by Crippen LogP contribution is 2.22. The van der Waals surface area contributed by atoms with Crippen LogP contribution in [0.1, 0.15) is 16.1 Å². The lowest BCUT2D eigenvalue weighted by atomic mass is 10.1. The summed E-state index contributed by atoms with van der Waals surface area (Å²) in [6, 6.07) is 11.8. The van der Waals surface area contributed by atoms with Gasteiger partial charge >= 0.3 is 0 Å². The Balaban J connectivity index is 1.85. The van der Waals surface area contributed by atoms with Crippen molar-refractivity contribution in [3.63, 3.8) is 0 Å². The molecule has 0 aliphatic carbocycles. The fraction of sp³-hybridized carbons (Fsp3) is 0.200. The molecular formula is C20H19ClN4O3. The van der Waals surface area contributed by atoms with E-state index in [0.29, 0.717) is 21.8 Å². The van der Waals surface area contributed by atoms with Crippen molar-refractivity contribution in [2.24, 2.45) is 0 Å². The first-order chi connectivity index (χ1) is 13.3. The first-order valence-corrected chi connectivity index (χ1v) is 8.93. The number of halogens is 1. The molecule has 1 heterocycles. The third-order valence-corrected chi connectivity index (χ3v) is 4.56. The molecule has 0 aliphatic heterocycles. The van der Waals surface area contributed by atoms with Crippen LogP contribution >= 0.6 is 11.6 Å². The van der Waals surface area contributed by atoms with E-state index in [1.807, 2.05) is 12.1 Å². The van der Waals surface area contributed by atoms with E-state index in [-0.39, 0.29) is 23.6 Å². The van der Waals surface area contributed by atoms with Gasteiger partial charge in [-0.2, -0.15) is 5.10 Å². The molecule has 0 bridgehead atoms. The van der Waals surface area contributed by atoms with Crippen LogP contribution in [0.3, 0.4) is 0 Å². The molecule has 0 saturated heterocycles. The lowest BCUT2D eigenvalue weighted by Gasteiger charge is -2.13. The van der Waals surface area contributed by atoms with Gasteiger partial charge in [0.25, 0.3) is 11.5 Å². The van der Waals surface area contributed by atoms with Gasteiger partial charge in [-0.15, -0.1) is 0 Å². The normalized spacial score (nSPS) is 10.7. The van der Waals surface area contributed by atoms with E-state index in [4.69, 9.17) is 11.6 Å². The molecular weight excluding hydrogens is 380 g/mol. The maximum Gasteiger partial charge on any atom is 0.275 e. The second-order valence-corrected chi connectivity index (χ2v) is 6.94. The summed E-state index contributed by atoms with van der Waals surface area (Å²) in [7, 11) is 3.23. The van der Waals surface area contributed by atoms with Crippen LogP contribution in [0.4, 0.5) is 5.69 Å². The highest BCUT2D eigenvalue weighted by Gasteiger charge is 2.15. The monoisotopic (exact) mass is 398 g/mol. The molecule has 0 unspecified atom stereocenters. The Kier molecular flexibility index (Phi) is 5.46. The Morgan fingerprint density at radius 2 is 1.82 bits per heavy atom. The number of fused-ring (bicyclic) bond motifs is 1. The summed E-state index contributed by atoms with van der Waals surface area (Å²) in [4.78, 5) is 38.6. The molecule has 3 rings (SSSR count). The molecule has 0 saturated carbocycles. The summed E-state index contributed by atoms with van der Waals surface area (Å²) in [5, 5.41) is 8.46. The Hall–Kier alpha value is -3.19. The summed E-state index contributed by atoms with van der Waals surface area (Å²) in [5.74, 6) is -0.709. The Bertz CT molecular complexity index is 1140. The van der Waals surface area contributed by atoms with Crippen molar-refractivity contribution in [3.05, 3.63) is 69.1 Å². The lowest BCUT2D eigenvalue weighted by Crippen LogP contribution is -2.30. The van der Waals surface area contributed by atoms with Gasteiger partial charge in [0.2, 0.25) is 5.91 Å². The summed E-state index contributed by atoms with van der Waals surface area (Å²) >= 11 is 6.08. The standard InChI is InChI=1S/C20H19ClN4O3/c1-12-14-6-4-5-7-15(14)20(28)25(23-12)11-18(26)22-13-8-9-17(21)16(10-13)19(27)24(2)3/h4-10H,11H2,1-3H3,(H,22,26). The zero-order valence-corrected chi connectivity index (χ0v) is 16.4. The predicted octanol–water partition coefficient (Wildman–Crippen LogP) is 2.70. The third-order valence-electron chi connectivity index (χ3n) is 4.23. The number of nitrogens with one attached hydrogen (secondary N) is 1. The van der Waals surface area contributed by atoms with Crippen LogP contribution in [0.5, 0.6) is 0 Å². The van der Waals surface area contributed by atoms with Gasteiger partial charge in [-0.3, -0.25) is 14.4 Å². The van der Waals surface area contributed by atoms with Gasteiger partial charge in [-0.1, -0.05) is 29.8 Å². The maximum absolute atomic E-state index is 12.6. The zero-order valence-electron chi connectivity index (χ0n) is 15.7. The molecule has 0 aliphatic rings. The molecule has 3 aromatic rings. The second kappa shape index (κ2) is 7.82. The smallest absolute Gasteiger partial charge is 0.275 e. The summed E-state index contributed by atoms with van der Waals surface area (Å²) < 4.78 is 1.13. The van der Waals surface area contributed by atoms with Crippen molar-refractivity contribution in [1.82, 2.24) is 14.7 Å². The van der Waals surface area contributed by atoms with Crippen LogP contribution in [0, 0.1) is 6.92 Å². The van der Waals surface area contributed by atoms with Crippen LogP contribution in [0.2, 0.25) is 5.02 Å². The number of carbonyl (C=O) groups is 2. The molecule has 0 atom stereocenters.